The summed E-state index contributed by atoms with van der Waals surface area (Å²) in [6, 6.07) is 18.9. The van der Waals surface area contributed by atoms with Crippen LogP contribution in [0.3, 0.4) is 0 Å². The van der Waals surface area contributed by atoms with E-state index in [1.165, 1.54) is 7.11 Å². The predicted octanol–water partition coefficient (Wildman–Crippen LogP) is 4.65. The Bertz CT molecular complexity index is 1500. The van der Waals surface area contributed by atoms with Crippen LogP contribution in [0.25, 0.3) is 16.6 Å². The molecule has 4 aromatic rings. The van der Waals surface area contributed by atoms with E-state index < -0.39 is 6.04 Å². The first-order chi connectivity index (χ1) is 18.9. The summed E-state index contributed by atoms with van der Waals surface area (Å²) in [6.07, 6.45) is 0.589. The van der Waals surface area contributed by atoms with Crippen molar-refractivity contribution in [3.05, 3.63) is 88.5 Å². The highest BCUT2D eigenvalue weighted by atomic mass is 16.5. The Kier molecular flexibility index (Phi) is 8.83. The van der Waals surface area contributed by atoms with E-state index in [0.29, 0.717) is 64.8 Å². The van der Waals surface area contributed by atoms with Crippen LogP contribution in [0, 0.1) is 0 Å². The molecule has 1 aromatic heterocycles. The number of fused-ring (bicyclic) bond motifs is 1. The van der Waals surface area contributed by atoms with E-state index in [2.05, 4.69) is 0 Å². The number of carbonyl (C=O) groups is 1. The molecule has 0 N–H and O–H groups in total. The minimum atomic E-state index is -0.583. The molecule has 0 radical (unpaired) electrons. The molecule has 1 unspecified atom stereocenters. The lowest BCUT2D eigenvalue weighted by molar-refractivity contribution is 0.0654. The number of ether oxygens (including phenoxy) is 4. The lowest BCUT2D eigenvalue weighted by Gasteiger charge is -2.31. The molecule has 1 atom stereocenters. The van der Waals surface area contributed by atoms with E-state index in [4.69, 9.17) is 23.9 Å². The zero-order chi connectivity index (χ0) is 27.9. The first-order valence-electron chi connectivity index (χ1n) is 12.6. The molecular formula is C30H33N3O6. The monoisotopic (exact) mass is 531 g/mol. The van der Waals surface area contributed by atoms with Crippen molar-refractivity contribution in [2.45, 2.75) is 19.4 Å². The van der Waals surface area contributed by atoms with Crippen molar-refractivity contribution in [1.82, 2.24) is 14.5 Å². The number of rotatable bonds is 11. The Morgan fingerprint density at radius 3 is 2.28 bits per heavy atom. The summed E-state index contributed by atoms with van der Waals surface area (Å²) in [7, 11) is 6.27. The molecule has 4 rings (SSSR count). The van der Waals surface area contributed by atoms with E-state index in [9.17, 15) is 9.59 Å². The van der Waals surface area contributed by atoms with Gasteiger partial charge in [-0.25, -0.2) is 4.98 Å². The van der Waals surface area contributed by atoms with Crippen LogP contribution in [0.15, 0.2) is 71.5 Å². The average molecular weight is 532 g/mol. The number of nitrogens with zero attached hydrogens (tertiary/aromatic N) is 3. The van der Waals surface area contributed by atoms with Crippen molar-refractivity contribution < 1.29 is 23.7 Å². The largest absolute Gasteiger partial charge is 0.497 e. The van der Waals surface area contributed by atoms with Crippen LogP contribution < -0.4 is 19.8 Å². The van der Waals surface area contributed by atoms with E-state index in [1.807, 2.05) is 19.1 Å². The van der Waals surface area contributed by atoms with Crippen LogP contribution in [-0.4, -0.2) is 61.9 Å². The van der Waals surface area contributed by atoms with Crippen LogP contribution in [0.5, 0.6) is 17.2 Å². The Hall–Kier alpha value is -4.37. The van der Waals surface area contributed by atoms with Crippen molar-refractivity contribution in [3.63, 3.8) is 0 Å². The predicted molar refractivity (Wildman–Crippen MR) is 149 cm³/mol. The third-order valence-corrected chi connectivity index (χ3v) is 6.62. The third kappa shape index (κ3) is 5.73. The molecule has 0 saturated heterocycles. The molecular weight excluding hydrogens is 498 g/mol. The molecule has 9 nitrogen and oxygen atoms in total. The van der Waals surface area contributed by atoms with Crippen LogP contribution in [0.1, 0.15) is 35.6 Å². The van der Waals surface area contributed by atoms with E-state index in [1.54, 1.807) is 85.4 Å². The second-order valence-electron chi connectivity index (χ2n) is 8.91. The summed E-state index contributed by atoms with van der Waals surface area (Å²) >= 11 is 0. The Morgan fingerprint density at radius 1 is 0.923 bits per heavy atom. The van der Waals surface area contributed by atoms with Gasteiger partial charge in [-0.2, -0.15) is 0 Å². The fourth-order valence-electron chi connectivity index (χ4n) is 4.53. The van der Waals surface area contributed by atoms with E-state index in [-0.39, 0.29) is 11.5 Å². The highest BCUT2D eigenvalue weighted by molar-refractivity contribution is 5.97. The Labute approximate surface area is 227 Å². The number of amides is 1. The lowest BCUT2D eigenvalue weighted by atomic mass is 10.1. The summed E-state index contributed by atoms with van der Waals surface area (Å²) in [5.74, 6) is 1.80. The van der Waals surface area contributed by atoms with Gasteiger partial charge in [-0.15, -0.1) is 0 Å². The smallest absolute Gasteiger partial charge is 0.266 e. The summed E-state index contributed by atoms with van der Waals surface area (Å²) in [5, 5.41) is 0.485. The number of aromatic nitrogens is 2. The molecule has 0 aliphatic rings. The molecule has 3 aromatic carbocycles. The zero-order valence-electron chi connectivity index (χ0n) is 22.8. The number of methoxy groups -OCH3 is 4. The van der Waals surface area contributed by atoms with Crippen molar-refractivity contribution in [3.8, 4) is 22.9 Å². The molecule has 0 bridgehead atoms. The van der Waals surface area contributed by atoms with E-state index in [0.717, 1.165) is 0 Å². The highest BCUT2D eigenvalue weighted by Crippen LogP contribution is 2.30. The number of carbonyl (C=O) groups excluding carboxylic acids is 1. The van der Waals surface area contributed by atoms with Gasteiger partial charge in [0.25, 0.3) is 11.5 Å². The molecule has 1 amide bonds. The van der Waals surface area contributed by atoms with Crippen molar-refractivity contribution in [2.24, 2.45) is 0 Å². The Balaban J connectivity index is 1.88. The molecule has 0 aliphatic carbocycles. The fraction of sp³-hybridized carbons (Fsp3) is 0.300. The van der Waals surface area contributed by atoms with Crippen molar-refractivity contribution >= 4 is 16.8 Å². The van der Waals surface area contributed by atoms with Gasteiger partial charge < -0.3 is 23.8 Å². The number of hydrogen-bond acceptors (Lipinski definition) is 7. The summed E-state index contributed by atoms with van der Waals surface area (Å²) in [4.78, 5) is 34.5. The quantitative estimate of drug-likeness (QED) is 0.260. The molecule has 1 heterocycles. The summed E-state index contributed by atoms with van der Waals surface area (Å²) < 4.78 is 23.0. The highest BCUT2D eigenvalue weighted by Gasteiger charge is 2.29. The lowest BCUT2D eigenvalue weighted by Crippen LogP contribution is -2.38. The molecule has 0 aliphatic heterocycles. The molecule has 204 valence electrons. The van der Waals surface area contributed by atoms with Crippen LogP contribution in [0.2, 0.25) is 0 Å². The second-order valence-corrected chi connectivity index (χ2v) is 8.91. The number of benzene rings is 3. The number of para-hydroxylation sites is 1. The fourth-order valence-corrected chi connectivity index (χ4v) is 4.53. The minimum absolute atomic E-state index is 0.223. The molecule has 0 spiro atoms. The average Bonchev–Trinajstić information content (AvgIpc) is 2.98. The van der Waals surface area contributed by atoms with Crippen molar-refractivity contribution in [2.75, 3.05) is 41.6 Å². The van der Waals surface area contributed by atoms with Crippen molar-refractivity contribution in [1.29, 1.82) is 0 Å². The minimum Gasteiger partial charge on any atom is -0.497 e. The molecule has 0 saturated carbocycles. The van der Waals surface area contributed by atoms with Gasteiger partial charge in [0.15, 0.2) is 0 Å². The van der Waals surface area contributed by atoms with Gasteiger partial charge in [-0.1, -0.05) is 12.1 Å². The third-order valence-electron chi connectivity index (χ3n) is 6.62. The first-order valence-corrected chi connectivity index (χ1v) is 12.6. The summed E-state index contributed by atoms with van der Waals surface area (Å²) in [6.45, 7) is 2.71. The van der Waals surface area contributed by atoms with Gasteiger partial charge in [0.1, 0.15) is 23.1 Å². The van der Waals surface area contributed by atoms with Gasteiger partial charge in [0, 0.05) is 26.3 Å². The second kappa shape index (κ2) is 12.4. The normalized spacial score (nSPS) is 11.7. The summed E-state index contributed by atoms with van der Waals surface area (Å²) in [5.41, 5.74) is 1.33. The van der Waals surface area contributed by atoms with Gasteiger partial charge in [0.05, 0.1) is 49.5 Å². The molecule has 0 fully saturated rings. The van der Waals surface area contributed by atoms with Gasteiger partial charge >= 0.3 is 0 Å². The van der Waals surface area contributed by atoms with Gasteiger partial charge in [-0.05, 0) is 61.9 Å². The van der Waals surface area contributed by atoms with Gasteiger partial charge in [0.2, 0.25) is 0 Å². The van der Waals surface area contributed by atoms with Gasteiger partial charge in [-0.3, -0.25) is 14.2 Å². The van der Waals surface area contributed by atoms with E-state index >= 15 is 0 Å². The van der Waals surface area contributed by atoms with Crippen LogP contribution >= 0.6 is 0 Å². The van der Waals surface area contributed by atoms with Crippen LogP contribution in [0.4, 0.5) is 0 Å². The zero-order valence-corrected chi connectivity index (χ0v) is 22.8. The molecule has 9 heteroatoms. The Morgan fingerprint density at radius 2 is 1.62 bits per heavy atom. The topological polar surface area (TPSA) is 92.1 Å². The maximum atomic E-state index is 14.0. The number of hydrogen-bond donors (Lipinski definition) is 0. The SMILES string of the molecule is COCCCN(C(=O)c1ccc(OC)cc1OC)C(C)c1nc2ccccc2c(=O)n1-c1ccc(OC)cc1. The first kappa shape index (κ1) is 27.7. The van der Waals surface area contributed by atoms with Crippen LogP contribution in [-0.2, 0) is 4.74 Å². The molecule has 39 heavy (non-hydrogen) atoms. The maximum absolute atomic E-state index is 14.0. The standard InChI is InChI=1S/C30H33N3O6/c1-20(32(17-8-18-36-2)29(34)25-16-15-23(38-4)19-27(25)39-5)28-31-26-10-7-6-9-24(26)30(35)33(28)21-11-13-22(37-3)14-12-21/h6-7,9-16,19-20H,8,17-18H2,1-5H3. The maximum Gasteiger partial charge on any atom is 0.266 e.